The lowest BCUT2D eigenvalue weighted by Crippen LogP contribution is -2.34. The van der Waals surface area contributed by atoms with Crippen molar-refractivity contribution in [3.8, 4) is 0 Å². The van der Waals surface area contributed by atoms with E-state index in [9.17, 15) is 23.8 Å². The number of rotatable bonds is 37. The largest absolute Gasteiger partial charge is 0.480 e. The number of hydrogen-bond acceptors (Lipinski definition) is 9. The molecule has 0 bridgehead atoms. The Bertz CT molecular complexity index is 974. The van der Waals surface area contributed by atoms with E-state index in [0.717, 1.165) is 44.9 Å². The maximum atomic E-state index is 12.6. The molecule has 0 rings (SSSR count). The molecule has 0 amide bonds. The maximum Gasteiger partial charge on any atom is 0.472 e. The fourth-order valence-electron chi connectivity index (χ4n) is 5.27. The van der Waals surface area contributed by atoms with Crippen molar-refractivity contribution in [1.82, 2.24) is 0 Å². The molecule has 0 aromatic rings. The number of hydrogen-bond donors (Lipinski definition) is 3. The quantitative estimate of drug-likeness (QED) is 0.0239. The van der Waals surface area contributed by atoms with E-state index in [2.05, 4.69) is 42.7 Å². The van der Waals surface area contributed by atoms with Gasteiger partial charge in [-0.15, -0.1) is 0 Å². The number of carbonyl (C=O) groups excluding carboxylic acids is 2. The van der Waals surface area contributed by atoms with Gasteiger partial charge in [0, 0.05) is 12.8 Å². The van der Waals surface area contributed by atoms with Crippen molar-refractivity contribution in [2.75, 3.05) is 19.8 Å². The minimum atomic E-state index is -4.71. The van der Waals surface area contributed by atoms with Crippen LogP contribution in [0.4, 0.5) is 0 Å². The number of nitrogens with two attached hydrogens (primary N) is 1. The highest BCUT2D eigenvalue weighted by molar-refractivity contribution is 7.47. The topological polar surface area (TPSA) is 172 Å². The Morgan fingerprint density at radius 1 is 0.608 bits per heavy atom. The summed E-state index contributed by atoms with van der Waals surface area (Å²) in [7, 11) is -4.71. The van der Waals surface area contributed by atoms with Crippen LogP contribution in [0.15, 0.2) is 24.3 Å². The van der Waals surface area contributed by atoms with E-state index in [4.69, 9.17) is 24.8 Å². The molecule has 0 saturated carbocycles. The third-order valence-corrected chi connectivity index (χ3v) is 9.40. The van der Waals surface area contributed by atoms with Crippen LogP contribution < -0.4 is 5.73 Å². The molecule has 0 heterocycles. The number of carboxylic acids is 1. The van der Waals surface area contributed by atoms with Gasteiger partial charge < -0.3 is 25.2 Å². The number of unbranched alkanes of at least 4 members (excludes halogenated alkanes) is 19. The average molecular weight is 746 g/mol. The third kappa shape index (κ3) is 34.8. The molecule has 51 heavy (non-hydrogen) atoms. The van der Waals surface area contributed by atoms with Crippen LogP contribution in [0.2, 0.25) is 0 Å². The Labute approximate surface area is 309 Å². The number of ether oxygens (including phenoxy) is 2. The van der Waals surface area contributed by atoms with Gasteiger partial charge in [0.1, 0.15) is 12.6 Å². The first-order valence-corrected chi connectivity index (χ1v) is 21.4. The number of phosphoric ester groups is 1. The third-order valence-electron chi connectivity index (χ3n) is 8.45. The standard InChI is InChI=1S/C39H72NO10P/c1-3-5-7-9-11-13-15-17-18-19-21-22-24-26-28-30-37(41)47-32-35(33-48-51(45,46)49-34-36(40)39(43)44)50-38(42)31-29-27-25-23-20-16-14-12-10-8-6-4-2/h17-18,21-22,35-36H,3-16,19-20,23-34,40H2,1-2H3,(H,43,44)(H,45,46)/b18-17+,22-21+/t35-,36+/m1/s1. The second-order valence-electron chi connectivity index (χ2n) is 13.4. The molecule has 0 fully saturated rings. The minimum absolute atomic E-state index is 0.158. The van der Waals surface area contributed by atoms with Crippen LogP contribution in [0.3, 0.4) is 0 Å². The predicted octanol–water partition coefficient (Wildman–Crippen LogP) is 9.89. The van der Waals surface area contributed by atoms with Crippen LogP contribution in [-0.4, -0.2) is 59.9 Å². The highest BCUT2D eigenvalue weighted by Gasteiger charge is 2.28. The maximum absolute atomic E-state index is 12.6. The molecule has 0 aliphatic rings. The number of allylic oxidation sites excluding steroid dienone is 4. The van der Waals surface area contributed by atoms with Crippen molar-refractivity contribution < 1.29 is 47.5 Å². The van der Waals surface area contributed by atoms with E-state index >= 15 is 0 Å². The Balaban J connectivity index is 4.46. The lowest BCUT2D eigenvalue weighted by atomic mass is 10.0. The lowest BCUT2D eigenvalue weighted by molar-refractivity contribution is -0.161. The molecule has 3 atom stereocenters. The number of carbonyl (C=O) groups is 3. The molecule has 0 saturated heterocycles. The van der Waals surface area contributed by atoms with Gasteiger partial charge in [-0.05, 0) is 44.9 Å². The van der Waals surface area contributed by atoms with Gasteiger partial charge in [-0.3, -0.25) is 23.4 Å². The Hall–Kier alpha value is -2.04. The fourth-order valence-corrected chi connectivity index (χ4v) is 6.05. The van der Waals surface area contributed by atoms with E-state index < -0.39 is 51.1 Å². The molecule has 0 aliphatic carbocycles. The smallest absolute Gasteiger partial charge is 0.472 e. The normalized spacial score (nSPS) is 14.1. The second kappa shape index (κ2) is 35.0. The summed E-state index contributed by atoms with van der Waals surface area (Å²) in [5, 5.41) is 8.86. The predicted molar refractivity (Wildman–Crippen MR) is 203 cm³/mol. The van der Waals surface area contributed by atoms with Crippen LogP contribution in [0.1, 0.15) is 174 Å². The summed E-state index contributed by atoms with van der Waals surface area (Å²) in [6.07, 6.45) is 33.9. The Morgan fingerprint density at radius 2 is 1.04 bits per heavy atom. The van der Waals surface area contributed by atoms with Crippen molar-refractivity contribution in [3.63, 3.8) is 0 Å². The summed E-state index contributed by atoms with van der Waals surface area (Å²) in [5.41, 5.74) is 5.31. The van der Waals surface area contributed by atoms with Crippen molar-refractivity contribution in [2.24, 2.45) is 5.73 Å². The zero-order chi connectivity index (χ0) is 37.8. The van der Waals surface area contributed by atoms with E-state index in [0.29, 0.717) is 12.8 Å². The first kappa shape index (κ1) is 49.0. The molecule has 12 heteroatoms. The summed E-state index contributed by atoms with van der Waals surface area (Å²) in [4.78, 5) is 45.7. The summed E-state index contributed by atoms with van der Waals surface area (Å²) >= 11 is 0. The zero-order valence-electron chi connectivity index (χ0n) is 31.9. The SMILES string of the molecule is CCCCCCCC/C=C/C/C=C/CCCCC(=O)OC[C@H](COP(=O)(O)OC[C@H](N)C(=O)O)OC(=O)CCCCCCCCCCCCCC. The summed E-state index contributed by atoms with van der Waals surface area (Å²) in [5.74, 6) is -2.42. The zero-order valence-corrected chi connectivity index (χ0v) is 32.8. The number of esters is 2. The van der Waals surface area contributed by atoms with Gasteiger partial charge in [0.15, 0.2) is 6.10 Å². The molecule has 0 aromatic carbocycles. The van der Waals surface area contributed by atoms with Crippen LogP contribution in [-0.2, 0) is 37.5 Å². The number of carboxylic acid groups (broad SMARTS) is 1. The molecule has 11 nitrogen and oxygen atoms in total. The second-order valence-corrected chi connectivity index (χ2v) is 14.9. The molecule has 1 unspecified atom stereocenters. The summed E-state index contributed by atoms with van der Waals surface area (Å²) in [6, 6.07) is -1.52. The molecule has 298 valence electrons. The van der Waals surface area contributed by atoms with Gasteiger partial charge in [-0.1, -0.05) is 141 Å². The molecular weight excluding hydrogens is 673 g/mol. The van der Waals surface area contributed by atoms with Crippen molar-refractivity contribution >= 4 is 25.7 Å². The van der Waals surface area contributed by atoms with E-state index in [1.807, 2.05) is 0 Å². The van der Waals surface area contributed by atoms with Crippen LogP contribution >= 0.6 is 7.82 Å². The van der Waals surface area contributed by atoms with Gasteiger partial charge in [0.2, 0.25) is 0 Å². The van der Waals surface area contributed by atoms with Crippen LogP contribution in [0, 0.1) is 0 Å². The summed E-state index contributed by atoms with van der Waals surface area (Å²) < 4.78 is 32.5. The van der Waals surface area contributed by atoms with Crippen LogP contribution in [0.25, 0.3) is 0 Å². The van der Waals surface area contributed by atoms with E-state index in [1.54, 1.807) is 0 Å². The van der Waals surface area contributed by atoms with Crippen molar-refractivity contribution in [2.45, 2.75) is 187 Å². The molecule has 0 spiro atoms. The molecule has 0 radical (unpaired) electrons. The van der Waals surface area contributed by atoms with Crippen LogP contribution in [0.5, 0.6) is 0 Å². The van der Waals surface area contributed by atoms with Gasteiger partial charge in [-0.2, -0.15) is 0 Å². The highest BCUT2D eigenvalue weighted by atomic mass is 31.2. The molecule has 0 aliphatic heterocycles. The van der Waals surface area contributed by atoms with Gasteiger partial charge in [0.25, 0.3) is 0 Å². The fraction of sp³-hybridized carbons (Fsp3) is 0.821. The lowest BCUT2D eigenvalue weighted by Gasteiger charge is -2.20. The number of phosphoric acid groups is 1. The first-order chi connectivity index (χ1) is 24.6. The monoisotopic (exact) mass is 745 g/mol. The highest BCUT2D eigenvalue weighted by Crippen LogP contribution is 2.43. The number of aliphatic carboxylic acids is 1. The Kier molecular flexibility index (Phi) is 33.6. The molecule has 0 aromatic heterocycles. The van der Waals surface area contributed by atoms with E-state index in [1.165, 1.54) is 89.9 Å². The first-order valence-electron chi connectivity index (χ1n) is 19.9. The molecular formula is C39H72NO10P. The molecule has 4 N–H and O–H groups in total. The van der Waals surface area contributed by atoms with Gasteiger partial charge in [0.05, 0.1) is 13.2 Å². The van der Waals surface area contributed by atoms with E-state index in [-0.39, 0.29) is 19.4 Å². The van der Waals surface area contributed by atoms with Crippen molar-refractivity contribution in [1.29, 1.82) is 0 Å². The Morgan fingerprint density at radius 3 is 1.57 bits per heavy atom. The van der Waals surface area contributed by atoms with Gasteiger partial charge >= 0.3 is 25.7 Å². The summed E-state index contributed by atoms with van der Waals surface area (Å²) in [6.45, 7) is 2.75. The van der Waals surface area contributed by atoms with Gasteiger partial charge in [-0.25, -0.2) is 4.57 Å². The van der Waals surface area contributed by atoms with Crippen molar-refractivity contribution in [3.05, 3.63) is 24.3 Å². The average Bonchev–Trinajstić information content (AvgIpc) is 3.10. The minimum Gasteiger partial charge on any atom is -0.480 e.